The maximum Gasteiger partial charge on any atom is 0.131 e. The Bertz CT molecular complexity index is 610. The molecule has 5 heteroatoms. The smallest absolute Gasteiger partial charge is 0.131 e. The van der Waals surface area contributed by atoms with Gasteiger partial charge >= 0.3 is 0 Å². The van der Waals surface area contributed by atoms with E-state index in [9.17, 15) is 8.78 Å². The second-order valence-electron chi connectivity index (χ2n) is 5.02. The van der Waals surface area contributed by atoms with E-state index in [4.69, 9.17) is 0 Å². The van der Waals surface area contributed by atoms with Gasteiger partial charge in [0.1, 0.15) is 11.6 Å². The predicted octanol–water partition coefficient (Wildman–Crippen LogP) is 5.18. The van der Waals surface area contributed by atoms with Crippen LogP contribution >= 0.6 is 27.3 Å². The molecule has 0 bridgehead atoms. The van der Waals surface area contributed by atoms with E-state index >= 15 is 0 Å². The molecule has 0 amide bonds. The third-order valence-corrected chi connectivity index (χ3v) is 4.66. The van der Waals surface area contributed by atoms with Crippen LogP contribution in [0.3, 0.4) is 0 Å². The lowest BCUT2D eigenvalue weighted by Gasteiger charge is -2.22. The molecule has 1 heterocycles. The molecule has 1 aromatic carbocycles. The van der Waals surface area contributed by atoms with Gasteiger partial charge in [-0.25, -0.2) is 8.78 Å². The van der Waals surface area contributed by atoms with E-state index in [1.54, 1.807) is 24.3 Å². The predicted molar refractivity (Wildman–Crippen MR) is 83.2 cm³/mol. The summed E-state index contributed by atoms with van der Waals surface area (Å²) in [7, 11) is 0. The molecule has 1 N–H and O–H groups in total. The number of hydrogen-bond acceptors (Lipinski definition) is 2. The van der Waals surface area contributed by atoms with Crippen LogP contribution in [-0.4, -0.2) is 6.04 Å². The molecule has 0 aliphatic carbocycles. The molecule has 1 aromatic heterocycles. The van der Waals surface area contributed by atoms with Crippen molar-refractivity contribution in [1.82, 2.24) is 5.32 Å². The molecule has 1 nitrogen and oxygen atoms in total. The van der Waals surface area contributed by atoms with Crippen LogP contribution in [0.15, 0.2) is 28.1 Å². The molecule has 0 fully saturated rings. The van der Waals surface area contributed by atoms with Crippen LogP contribution < -0.4 is 5.32 Å². The number of rotatable bonds is 4. The van der Waals surface area contributed by atoms with Crippen molar-refractivity contribution in [1.29, 1.82) is 0 Å². The van der Waals surface area contributed by atoms with Gasteiger partial charge in [-0.05, 0) is 60.5 Å². The Morgan fingerprint density at radius 1 is 1.15 bits per heavy atom. The highest BCUT2D eigenvalue weighted by Gasteiger charge is 2.21. The van der Waals surface area contributed by atoms with Crippen LogP contribution in [0.2, 0.25) is 0 Å². The van der Waals surface area contributed by atoms with Gasteiger partial charge in [-0.1, -0.05) is 0 Å². The van der Waals surface area contributed by atoms with Crippen molar-refractivity contribution in [2.45, 2.75) is 32.9 Å². The first-order valence-electron chi connectivity index (χ1n) is 6.35. The highest BCUT2D eigenvalue weighted by atomic mass is 79.9. The standard InChI is InChI=1S/C15H16BrF2NS/c1-8(2)19-15(13-4-5-14(16)20-13)10-6-9(3)11(17)7-12(10)18/h4-8,15,19H,1-3H3. The van der Waals surface area contributed by atoms with Crippen molar-refractivity contribution in [3.63, 3.8) is 0 Å². The second-order valence-corrected chi connectivity index (χ2v) is 7.51. The first-order valence-corrected chi connectivity index (χ1v) is 7.96. The molecule has 0 saturated heterocycles. The average molecular weight is 360 g/mol. The van der Waals surface area contributed by atoms with Crippen LogP contribution in [0, 0.1) is 18.6 Å². The number of benzene rings is 1. The van der Waals surface area contributed by atoms with Gasteiger partial charge in [0.25, 0.3) is 0 Å². The highest BCUT2D eigenvalue weighted by molar-refractivity contribution is 9.11. The Hall–Kier alpha value is -0.780. The molecule has 0 spiro atoms. The van der Waals surface area contributed by atoms with E-state index in [1.165, 1.54) is 0 Å². The normalized spacial score (nSPS) is 12.9. The summed E-state index contributed by atoms with van der Waals surface area (Å²) in [4.78, 5) is 0.996. The highest BCUT2D eigenvalue weighted by Crippen LogP contribution is 2.33. The van der Waals surface area contributed by atoms with Gasteiger partial charge in [0.05, 0.1) is 9.83 Å². The van der Waals surface area contributed by atoms with E-state index in [2.05, 4.69) is 21.2 Å². The lowest BCUT2D eigenvalue weighted by molar-refractivity contribution is 0.500. The van der Waals surface area contributed by atoms with Gasteiger partial charge in [0.15, 0.2) is 0 Å². The van der Waals surface area contributed by atoms with Gasteiger partial charge in [-0.3, -0.25) is 0 Å². The van der Waals surface area contributed by atoms with Crippen molar-refractivity contribution in [3.05, 3.63) is 55.7 Å². The molecule has 20 heavy (non-hydrogen) atoms. The third kappa shape index (κ3) is 3.45. The summed E-state index contributed by atoms with van der Waals surface area (Å²) in [5.74, 6) is -1.03. The number of thiophene rings is 1. The average Bonchev–Trinajstić information content (AvgIpc) is 2.77. The first-order chi connectivity index (χ1) is 9.38. The summed E-state index contributed by atoms with van der Waals surface area (Å²) in [6.45, 7) is 5.66. The zero-order chi connectivity index (χ0) is 14.9. The fourth-order valence-corrected chi connectivity index (χ4v) is 3.55. The summed E-state index contributed by atoms with van der Waals surface area (Å²) in [5, 5.41) is 3.34. The van der Waals surface area contributed by atoms with Crippen LogP contribution in [-0.2, 0) is 0 Å². The van der Waals surface area contributed by atoms with Crippen LogP contribution in [0.25, 0.3) is 0 Å². The summed E-state index contributed by atoms with van der Waals surface area (Å²) >= 11 is 4.97. The molecule has 2 rings (SSSR count). The molecule has 0 saturated carbocycles. The lowest BCUT2D eigenvalue weighted by atomic mass is 10.0. The Labute approximate surface area is 130 Å². The minimum absolute atomic E-state index is 0.186. The molecule has 0 aliphatic rings. The van der Waals surface area contributed by atoms with Gasteiger partial charge in [0.2, 0.25) is 0 Å². The molecule has 1 atom stereocenters. The molecular formula is C15H16BrF2NS. The van der Waals surface area contributed by atoms with Crippen molar-refractivity contribution < 1.29 is 8.78 Å². The summed E-state index contributed by atoms with van der Waals surface area (Å²) in [6.07, 6.45) is 0. The quantitative estimate of drug-likeness (QED) is 0.792. The number of aryl methyl sites for hydroxylation is 1. The Morgan fingerprint density at radius 3 is 2.40 bits per heavy atom. The monoisotopic (exact) mass is 359 g/mol. The SMILES string of the molecule is Cc1cc(C(NC(C)C)c2ccc(Br)s2)c(F)cc1F. The number of hydrogen-bond donors (Lipinski definition) is 1. The summed E-state index contributed by atoms with van der Waals surface area (Å²) in [6, 6.07) is 6.34. The fraction of sp³-hybridized carbons (Fsp3) is 0.333. The Morgan fingerprint density at radius 2 is 1.85 bits per heavy atom. The van der Waals surface area contributed by atoms with Crippen LogP contribution in [0.4, 0.5) is 8.78 Å². The zero-order valence-electron chi connectivity index (χ0n) is 11.5. The van der Waals surface area contributed by atoms with Gasteiger partial charge in [0, 0.05) is 22.5 Å². The van der Waals surface area contributed by atoms with Gasteiger partial charge < -0.3 is 5.32 Å². The minimum atomic E-state index is -0.518. The van der Waals surface area contributed by atoms with E-state index in [-0.39, 0.29) is 12.1 Å². The Kier molecular flexibility index (Phi) is 4.94. The van der Waals surface area contributed by atoms with Crippen LogP contribution in [0.5, 0.6) is 0 Å². The van der Waals surface area contributed by atoms with Crippen molar-refractivity contribution in [3.8, 4) is 0 Å². The lowest BCUT2D eigenvalue weighted by Crippen LogP contribution is -2.29. The maximum atomic E-state index is 14.1. The second kappa shape index (κ2) is 6.33. The first kappa shape index (κ1) is 15.6. The van der Waals surface area contributed by atoms with Crippen molar-refractivity contribution in [2.24, 2.45) is 0 Å². The molecule has 0 aliphatic heterocycles. The summed E-state index contributed by atoms with van der Waals surface area (Å²) in [5.41, 5.74) is 0.930. The van der Waals surface area contributed by atoms with Crippen LogP contribution in [0.1, 0.15) is 35.9 Å². The van der Waals surface area contributed by atoms with E-state index in [0.717, 1.165) is 14.7 Å². The van der Waals surface area contributed by atoms with Crippen molar-refractivity contribution in [2.75, 3.05) is 0 Å². The van der Waals surface area contributed by atoms with Gasteiger partial charge in [-0.15, -0.1) is 11.3 Å². The number of halogens is 3. The minimum Gasteiger partial charge on any atom is -0.303 e. The van der Waals surface area contributed by atoms with E-state index in [1.807, 2.05) is 26.0 Å². The number of nitrogens with one attached hydrogen (secondary N) is 1. The van der Waals surface area contributed by atoms with E-state index < -0.39 is 11.6 Å². The largest absolute Gasteiger partial charge is 0.303 e. The maximum absolute atomic E-state index is 14.1. The van der Waals surface area contributed by atoms with Gasteiger partial charge in [-0.2, -0.15) is 0 Å². The Balaban J connectivity index is 2.49. The third-order valence-electron chi connectivity index (χ3n) is 2.97. The summed E-state index contributed by atoms with van der Waals surface area (Å²) < 4.78 is 28.6. The molecule has 0 radical (unpaired) electrons. The zero-order valence-corrected chi connectivity index (χ0v) is 13.9. The molecule has 1 unspecified atom stereocenters. The molecule has 108 valence electrons. The topological polar surface area (TPSA) is 12.0 Å². The molecular weight excluding hydrogens is 344 g/mol. The fourth-order valence-electron chi connectivity index (χ4n) is 2.04. The van der Waals surface area contributed by atoms with Crippen molar-refractivity contribution >= 4 is 27.3 Å². The molecule has 2 aromatic rings. The van der Waals surface area contributed by atoms with E-state index in [0.29, 0.717) is 11.1 Å².